The number of fused-ring (bicyclic) bond motifs is 2. The molecule has 0 bridgehead atoms. The van der Waals surface area contributed by atoms with Gasteiger partial charge in [0, 0.05) is 35.1 Å². The van der Waals surface area contributed by atoms with Crippen LogP contribution >= 0.6 is 0 Å². The van der Waals surface area contributed by atoms with Crippen molar-refractivity contribution in [1.82, 2.24) is 15.0 Å². The molecule has 5 rings (SSSR count). The van der Waals surface area contributed by atoms with Crippen LogP contribution in [0.5, 0.6) is 0 Å². The second kappa shape index (κ2) is 5.11. The number of H-pyrrole nitrogens is 1. The third-order valence-corrected chi connectivity index (χ3v) is 4.58. The van der Waals surface area contributed by atoms with Crippen molar-refractivity contribution >= 4 is 16.9 Å². The van der Waals surface area contributed by atoms with E-state index in [4.69, 9.17) is 0 Å². The van der Waals surface area contributed by atoms with Gasteiger partial charge in [0.25, 0.3) is 0 Å². The van der Waals surface area contributed by atoms with Crippen LogP contribution in [0.1, 0.15) is 17.2 Å². The molecule has 1 unspecified atom stereocenters. The van der Waals surface area contributed by atoms with Crippen molar-refractivity contribution in [2.75, 3.05) is 5.32 Å². The number of aromatic nitrogens is 3. The maximum atomic E-state index is 14.5. The van der Waals surface area contributed by atoms with E-state index in [9.17, 15) is 8.78 Å². The van der Waals surface area contributed by atoms with E-state index in [1.165, 1.54) is 18.2 Å². The molecule has 1 aromatic carbocycles. The van der Waals surface area contributed by atoms with Gasteiger partial charge in [0.15, 0.2) is 0 Å². The molecule has 1 aliphatic rings. The highest BCUT2D eigenvalue weighted by molar-refractivity contribution is 6.00. The summed E-state index contributed by atoms with van der Waals surface area (Å²) in [6.45, 7) is 0. The molecule has 4 heterocycles. The largest absolute Gasteiger partial charge is 0.358 e. The van der Waals surface area contributed by atoms with Gasteiger partial charge in [-0.05, 0) is 35.9 Å². The predicted molar refractivity (Wildman–Crippen MR) is 91.1 cm³/mol. The lowest BCUT2D eigenvalue weighted by atomic mass is 9.96. The minimum Gasteiger partial charge on any atom is -0.358 e. The zero-order valence-corrected chi connectivity index (χ0v) is 12.9. The number of rotatable bonds is 1. The zero-order chi connectivity index (χ0) is 17.0. The lowest BCUT2D eigenvalue weighted by molar-refractivity contribution is 0.549. The number of pyridine rings is 2. The summed E-state index contributed by atoms with van der Waals surface area (Å²) in [7, 11) is 0. The number of anilines is 1. The average Bonchev–Trinajstić information content (AvgIpc) is 2.99. The van der Waals surface area contributed by atoms with E-state index < -0.39 is 17.7 Å². The van der Waals surface area contributed by atoms with Gasteiger partial charge in [0.05, 0.1) is 11.6 Å². The maximum absolute atomic E-state index is 14.5. The number of nitrogens with zero attached hydrogens (tertiary/aromatic N) is 2. The molecule has 25 heavy (non-hydrogen) atoms. The summed E-state index contributed by atoms with van der Waals surface area (Å²) < 4.78 is 29.0. The average molecular weight is 334 g/mol. The minimum absolute atomic E-state index is 0.0308. The first-order valence-electron chi connectivity index (χ1n) is 7.86. The number of hydrogen-bond acceptors (Lipinski definition) is 3. The molecule has 0 amide bonds. The number of benzene rings is 1. The topological polar surface area (TPSA) is 53.6 Å². The van der Waals surface area contributed by atoms with Gasteiger partial charge < -0.3 is 10.3 Å². The molecule has 0 saturated carbocycles. The molecular weight excluding hydrogens is 322 g/mol. The lowest BCUT2D eigenvalue weighted by Gasteiger charge is -2.19. The van der Waals surface area contributed by atoms with Gasteiger partial charge in [-0.25, -0.2) is 18.7 Å². The van der Waals surface area contributed by atoms with E-state index in [0.717, 1.165) is 22.1 Å². The Bertz CT molecular complexity index is 1100. The van der Waals surface area contributed by atoms with Gasteiger partial charge in [0.1, 0.15) is 23.1 Å². The molecule has 4 aromatic rings. The van der Waals surface area contributed by atoms with Crippen LogP contribution in [0.3, 0.4) is 0 Å². The molecule has 0 radical (unpaired) electrons. The number of hydrogen-bond donors (Lipinski definition) is 2. The highest BCUT2D eigenvalue weighted by Crippen LogP contribution is 2.43. The maximum Gasteiger partial charge on any atom is 0.138 e. The smallest absolute Gasteiger partial charge is 0.138 e. The van der Waals surface area contributed by atoms with E-state index in [0.29, 0.717) is 11.5 Å². The molecule has 6 heteroatoms. The van der Waals surface area contributed by atoms with E-state index in [2.05, 4.69) is 20.3 Å². The molecule has 3 aromatic heterocycles. The summed E-state index contributed by atoms with van der Waals surface area (Å²) in [6.07, 6.45) is 5.11. The van der Waals surface area contributed by atoms with Crippen LogP contribution < -0.4 is 5.32 Å². The van der Waals surface area contributed by atoms with Crippen molar-refractivity contribution in [1.29, 1.82) is 0 Å². The van der Waals surface area contributed by atoms with Gasteiger partial charge in [-0.15, -0.1) is 0 Å². The van der Waals surface area contributed by atoms with Crippen LogP contribution in [0.4, 0.5) is 14.6 Å². The number of nitrogens with one attached hydrogen (secondary N) is 2. The van der Waals surface area contributed by atoms with Crippen LogP contribution in [0, 0.1) is 11.6 Å². The predicted octanol–water partition coefficient (Wildman–Crippen LogP) is 4.42. The molecule has 0 saturated heterocycles. The van der Waals surface area contributed by atoms with Crippen molar-refractivity contribution < 1.29 is 8.78 Å². The summed E-state index contributed by atoms with van der Waals surface area (Å²) in [5, 5.41) is 4.05. The van der Waals surface area contributed by atoms with Crippen molar-refractivity contribution in [3.8, 4) is 11.1 Å². The van der Waals surface area contributed by atoms with Crippen LogP contribution in [0.2, 0.25) is 0 Å². The quantitative estimate of drug-likeness (QED) is 0.542. The Morgan fingerprint density at radius 1 is 0.880 bits per heavy atom. The fraction of sp³-hybridized carbons (Fsp3) is 0.0526. The monoisotopic (exact) mass is 334 g/mol. The molecule has 0 fully saturated rings. The molecule has 1 atom stereocenters. The van der Waals surface area contributed by atoms with Gasteiger partial charge in [-0.2, -0.15) is 0 Å². The molecule has 0 aliphatic carbocycles. The van der Waals surface area contributed by atoms with Gasteiger partial charge in [-0.3, -0.25) is 0 Å². The second-order valence-corrected chi connectivity index (χ2v) is 5.94. The molecular formula is C19H12F2N4. The Labute approximate surface area is 141 Å². The van der Waals surface area contributed by atoms with E-state index in [-0.39, 0.29) is 5.56 Å². The van der Waals surface area contributed by atoms with Gasteiger partial charge >= 0.3 is 0 Å². The van der Waals surface area contributed by atoms with E-state index in [1.54, 1.807) is 18.6 Å². The van der Waals surface area contributed by atoms with E-state index >= 15 is 0 Å². The van der Waals surface area contributed by atoms with Crippen molar-refractivity contribution in [2.45, 2.75) is 6.04 Å². The minimum atomic E-state index is -0.714. The Morgan fingerprint density at radius 2 is 1.72 bits per heavy atom. The summed E-state index contributed by atoms with van der Waals surface area (Å²) in [4.78, 5) is 11.8. The van der Waals surface area contributed by atoms with Crippen molar-refractivity contribution in [3.05, 3.63) is 77.8 Å². The Morgan fingerprint density at radius 3 is 2.56 bits per heavy atom. The van der Waals surface area contributed by atoms with Crippen molar-refractivity contribution in [2.24, 2.45) is 0 Å². The first kappa shape index (κ1) is 14.1. The fourth-order valence-corrected chi connectivity index (χ4v) is 3.50. The fourth-order valence-electron chi connectivity index (χ4n) is 3.50. The van der Waals surface area contributed by atoms with Crippen LogP contribution in [0.25, 0.3) is 22.2 Å². The second-order valence-electron chi connectivity index (χ2n) is 5.94. The summed E-state index contributed by atoms with van der Waals surface area (Å²) in [5.41, 5.74) is 3.18. The Balaban J connectivity index is 1.88. The normalized spacial score (nSPS) is 15.5. The van der Waals surface area contributed by atoms with E-state index in [1.807, 2.05) is 18.2 Å². The van der Waals surface area contributed by atoms with Gasteiger partial charge in [-0.1, -0.05) is 6.07 Å². The standard InChI is InChI=1S/C19H12F2N4/c20-13-4-1-5-14(21)16(13)17-12-9-24-19-15(12)10(6-8-23-19)11-3-2-7-22-18(11)25-17/h1-9,17H,(H,22,25)(H,23,24). The SMILES string of the molecule is Fc1cccc(F)c1C1Nc2ncccc2-c2ccnc3[nH]cc1c23. The molecule has 122 valence electrons. The molecule has 1 aliphatic heterocycles. The Hall–Kier alpha value is -3.28. The molecule has 2 N–H and O–H groups in total. The molecule has 0 spiro atoms. The molecule has 4 nitrogen and oxygen atoms in total. The summed E-state index contributed by atoms with van der Waals surface area (Å²) in [6, 6.07) is 8.83. The first-order chi connectivity index (χ1) is 12.2. The highest BCUT2D eigenvalue weighted by Gasteiger charge is 2.30. The summed E-state index contributed by atoms with van der Waals surface area (Å²) in [5.74, 6) is -0.618. The summed E-state index contributed by atoms with van der Waals surface area (Å²) >= 11 is 0. The third-order valence-electron chi connectivity index (χ3n) is 4.58. The Kier molecular flexibility index (Phi) is 2.88. The van der Waals surface area contributed by atoms with Crippen LogP contribution in [0.15, 0.2) is 55.0 Å². The first-order valence-corrected chi connectivity index (χ1v) is 7.86. The highest BCUT2D eigenvalue weighted by atomic mass is 19.1. The third kappa shape index (κ3) is 1.97. The van der Waals surface area contributed by atoms with Crippen molar-refractivity contribution in [3.63, 3.8) is 0 Å². The van der Waals surface area contributed by atoms with Crippen LogP contribution in [-0.2, 0) is 0 Å². The van der Waals surface area contributed by atoms with Crippen LogP contribution in [-0.4, -0.2) is 15.0 Å². The van der Waals surface area contributed by atoms with Gasteiger partial charge in [0.2, 0.25) is 0 Å². The number of halogens is 2. The lowest BCUT2D eigenvalue weighted by Crippen LogP contribution is -2.15. The zero-order valence-electron chi connectivity index (χ0n) is 12.9. The number of aromatic amines is 1.